The molecule has 4 amide bonds. The molecule has 14 nitrogen and oxygen atoms in total. The van der Waals surface area contributed by atoms with Crippen molar-refractivity contribution in [2.24, 2.45) is 11.5 Å². The van der Waals surface area contributed by atoms with Crippen molar-refractivity contribution in [3.63, 3.8) is 0 Å². The number of hydrogen-bond acceptors (Lipinski definition) is 10. The molecule has 3 aromatic rings. The number of imide groups is 1. The van der Waals surface area contributed by atoms with Crippen molar-refractivity contribution < 1.29 is 24.1 Å². The minimum Gasteiger partial charge on any atom is -0.351 e. The number of anilines is 1. The summed E-state index contributed by atoms with van der Waals surface area (Å²) >= 11 is 0. The van der Waals surface area contributed by atoms with E-state index in [0.29, 0.717) is 50.0 Å². The summed E-state index contributed by atoms with van der Waals surface area (Å²) in [5.74, 6) is -2.55. The van der Waals surface area contributed by atoms with Crippen LogP contribution in [0.25, 0.3) is 10.8 Å². The topological polar surface area (TPSA) is 215 Å². The minimum atomic E-state index is -0.812. The SMILES string of the molecule is NCCNCCNC(=O)c1cc(C(=O)NCCNCCN)cc(N2C(=O)c3cccc4cc([N+](=O)[O-])cc(c34)C2=O)c1. The van der Waals surface area contributed by atoms with Gasteiger partial charge in [-0.15, -0.1) is 0 Å². The average Bonchev–Trinajstić information content (AvgIpc) is 2.99. The number of nitrogens with two attached hydrogens (primary N) is 2. The monoisotopic (exact) mass is 576 g/mol. The van der Waals surface area contributed by atoms with E-state index in [1.165, 1.54) is 30.3 Å². The Morgan fingerprint density at radius 2 is 1.33 bits per heavy atom. The molecule has 220 valence electrons. The molecule has 8 N–H and O–H groups in total. The van der Waals surface area contributed by atoms with Gasteiger partial charge < -0.3 is 32.7 Å². The fourth-order valence-corrected chi connectivity index (χ4v) is 4.62. The Labute approximate surface area is 240 Å². The smallest absolute Gasteiger partial charge is 0.270 e. The number of rotatable bonds is 14. The summed E-state index contributed by atoms with van der Waals surface area (Å²) in [6, 6.07) is 11.1. The molecule has 1 aliphatic heterocycles. The van der Waals surface area contributed by atoms with Gasteiger partial charge in [0.1, 0.15) is 0 Å². The van der Waals surface area contributed by atoms with Crippen LogP contribution in [0.2, 0.25) is 0 Å². The third kappa shape index (κ3) is 6.58. The van der Waals surface area contributed by atoms with Gasteiger partial charge in [-0.05, 0) is 29.7 Å². The maximum absolute atomic E-state index is 13.7. The first kappa shape index (κ1) is 30.2. The minimum absolute atomic E-state index is 0.0283. The summed E-state index contributed by atoms with van der Waals surface area (Å²) in [5, 5.41) is 23.8. The summed E-state index contributed by atoms with van der Waals surface area (Å²) in [7, 11) is 0. The first-order valence-electron chi connectivity index (χ1n) is 13.4. The molecule has 14 heteroatoms. The van der Waals surface area contributed by atoms with Crippen LogP contribution in [0.1, 0.15) is 41.4 Å². The fraction of sp³-hybridized carbons (Fsp3) is 0.286. The predicted octanol–water partition coefficient (Wildman–Crippen LogP) is 0.105. The van der Waals surface area contributed by atoms with Crippen LogP contribution in [-0.2, 0) is 0 Å². The number of carbonyl (C=O) groups excluding carboxylic acids is 4. The molecular weight excluding hydrogens is 544 g/mol. The lowest BCUT2D eigenvalue weighted by Crippen LogP contribution is -2.41. The van der Waals surface area contributed by atoms with Gasteiger partial charge in [0.15, 0.2) is 0 Å². The van der Waals surface area contributed by atoms with Gasteiger partial charge in [-0.3, -0.25) is 29.3 Å². The summed E-state index contributed by atoms with van der Waals surface area (Å²) in [5.41, 5.74) is 10.8. The number of hydrogen-bond donors (Lipinski definition) is 6. The first-order valence-corrected chi connectivity index (χ1v) is 13.4. The number of nitro groups is 1. The molecule has 0 aromatic heterocycles. The fourth-order valence-electron chi connectivity index (χ4n) is 4.62. The zero-order valence-corrected chi connectivity index (χ0v) is 22.8. The Hall–Kier alpha value is -4.76. The highest BCUT2D eigenvalue weighted by Crippen LogP contribution is 2.36. The van der Waals surface area contributed by atoms with Crippen molar-refractivity contribution in [3.05, 3.63) is 80.9 Å². The zero-order chi connectivity index (χ0) is 30.2. The lowest BCUT2D eigenvalue weighted by atomic mass is 9.92. The van der Waals surface area contributed by atoms with E-state index in [-0.39, 0.29) is 46.7 Å². The molecule has 4 rings (SSSR count). The van der Waals surface area contributed by atoms with Gasteiger partial charge in [-0.25, -0.2) is 4.90 Å². The van der Waals surface area contributed by atoms with Crippen LogP contribution in [0.3, 0.4) is 0 Å². The van der Waals surface area contributed by atoms with Gasteiger partial charge in [0, 0.05) is 86.6 Å². The summed E-state index contributed by atoms with van der Waals surface area (Å²) < 4.78 is 0. The zero-order valence-electron chi connectivity index (χ0n) is 22.8. The Morgan fingerprint density at radius 1 is 0.762 bits per heavy atom. The number of carbonyl (C=O) groups is 4. The molecule has 0 saturated carbocycles. The second-order valence-corrected chi connectivity index (χ2v) is 9.46. The molecular formula is C28H32N8O6. The first-order chi connectivity index (χ1) is 20.3. The normalized spacial score (nSPS) is 12.5. The Kier molecular flexibility index (Phi) is 9.88. The molecule has 0 unspecified atom stereocenters. The molecule has 0 fully saturated rings. The van der Waals surface area contributed by atoms with E-state index < -0.39 is 28.6 Å². The third-order valence-corrected chi connectivity index (χ3v) is 6.56. The number of nitrogens with one attached hydrogen (secondary N) is 4. The van der Waals surface area contributed by atoms with Gasteiger partial charge in [0.25, 0.3) is 29.3 Å². The summed E-state index contributed by atoms with van der Waals surface area (Å²) in [6.45, 7) is 3.45. The lowest BCUT2D eigenvalue weighted by molar-refractivity contribution is -0.384. The molecule has 0 bridgehead atoms. The van der Waals surface area contributed by atoms with Crippen LogP contribution < -0.4 is 37.6 Å². The molecule has 1 heterocycles. The molecule has 42 heavy (non-hydrogen) atoms. The second kappa shape index (κ2) is 13.7. The molecule has 0 aliphatic carbocycles. The second-order valence-electron chi connectivity index (χ2n) is 9.46. The van der Waals surface area contributed by atoms with Crippen molar-refractivity contribution in [1.29, 1.82) is 0 Å². The molecule has 3 aromatic carbocycles. The Balaban J connectivity index is 1.72. The maximum atomic E-state index is 13.7. The molecule has 0 atom stereocenters. The number of nitrogens with zero attached hydrogens (tertiary/aromatic N) is 2. The number of nitro benzene ring substituents is 1. The van der Waals surface area contributed by atoms with E-state index in [9.17, 15) is 29.3 Å². The standard InChI is InChI=1S/C28H32N8O6/c29-4-6-31-8-10-33-25(37)18-12-19(26(38)34-11-9-32-7-5-30)15-20(14-18)35-27(39)22-3-1-2-17-13-21(36(41)42)16-23(24(17)22)28(35)40/h1-3,12-16,31-32H,4-11,29-30H2,(H,33,37)(H,34,38). The van der Waals surface area contributed by atoms with Gasteiger partial charge in [-0.1, -0.05) is 12.1 Å². The maximum Gasteiger partial charge on any atom is 0.270 e. The molecule has 0 saturated heterocycles. The van der Waals surface area contributed by atoms with Crippen molar-refractivity contribution in [1.82, 2.24) is 21.3 Å². The Bertz CT molecular complexity index is 1500. The van der Waals surface area contributed by atoms with Crippen LogP contribution in [0.5, 0.6) is 0 Å². The quantitative estimate of drug-likeness (QED) is 0.0659. The third-order valence-electron chi connectivity index (χ3n) is 6.56. The van der Waals surface area contributed by atoms with Crippen LogP contribution in [0.15, 0.2) is 48.5 Å². The van der Waals surface area contributed by atoms with E-state index in [4.69, 9.17) is 11.5 Å². The van der Waals surface area contributed by atoms with Gasteiger partial charge in [0.2, 0.25) is 0 Å². The van der Waals surface area contributed by atoms with E-state index >= 15 is 0 Å². The highest BCUT2D eigenvalue weighted by molar-refractivity contribution is 6.36. The predicted molar refractivity (Wildman–Crippen MR) is 157 cm³/mol. The highest BCUT2D eigenvalue weighted by Gasteiger charge is 2.36. The van der Waals surface area contributed by atoms with Crippen LogP contribution in [0, 0.1) is 10.1 Å². The van der Waals surface area contributed by atoms with E-state index in [1.807, 2.05) is 0 Å². The molecule has 0 spiro atoms. The van der Waals surface area contributed by atoms with Crippen molar-refractivity contribution >= 4 is 45.8 Å². The number of benzene rings is 3. The highest BCUT2D eigenvalue weighted by atomic mass is 16.6. The lowest BCUT2D eigenvalue weighted by Gasteiger charge is -2.27. The summed E-state index contributed by atoms with van der Waals surface area (Å²) in [4.78, 5) is 65.3. The van der Waals surface area contributed by atoms with E-state index in [2.05, 4.69) is 21.3 Å². The average molecular weight is 577 g/mol. The van der Waals surface area contributed by atoms with Gasteiger partial charge in [0.05, 0.1) is 16.2 Å². The van der Waals surface area contributed by atoms with Crippen LogP contribution in [0.4, 0.5) is 11.4 Å². The van der Waals surface area contributed by atoms with Crippen molar-refractivity contribution in [2.75, 3.05) is 57.3 Å². The molecule has 1 aliphatic rings. The van der Waals surface area contributed by atoms with E-state index in [0.717, 1.165) is 11.0 Å². The van der Waals surface area contributed by atoms with Gasteiger partial charge in [-0.2, -0.15) is 0 Å². The van der Waals surface area contributed by atoms with Crippen LogP contribution >= 0.6 is 0 Å². The number of amides is 4. The summed E-state index contributed by atoms with van der Waals surface area (Å²) in [6.07, 6.45) is 0. The van der Waals surface area contributed by atoms with Gasteiger partial charge >= 0.3 is 0 Å². The Morgan fingerprint density at radius 3 is 1.88 bits per heavy atom. The van der Waals surface area contributed by atoms with E-state index in [1.54, 1.807) is 12.1 Å². The van der Waals surface area contributed by atoms with Crippen molar-refractivity contribution in [3.8, 4) is 0 Å². The largest absolute Gasteiger partial charge is 0.351 e. The van der Waals surface area contributed by atoms with Crippen LogP contribution in [-0.4, -0.2) is 80.9 Å². The van der Waals surface area contributed by atoms with Crippen molar-refractivity contribution in [2.45, 2.75) is 0 Å². The number of non-ortho nitro benzene ring substituents is 1. The molecule has 0 radical (unpaired) electrons.